The van der Waals surface area contributed by atoms with Crippen molar-refractivity contribution in [3.05, 3.63) is 35.4 Å². The molecule has 1 fully saturated rings. The number of hydrogen-bond donors (Lipinski definition) is 0. The number of benzene rings is 1. The molecule has 1 aromatic heterocycles. The van der Waals surface area contributed by atoms with Crippen molar-refractivity contribution >= 4 is 22.1 Å². The first-order valence-electron chi connectivity index (χ1n) is 7.60. The van der Waals surface area contributed by atoms with E-state index >= 15 is 0 Å². The van der Waals surface area contributed by atoms with Crippen molar-refractivity contribution in [2.45, 2.75) is 19.1 Å². The Hall–Kier alpha value is -1.71. The van der Waals surface area contributed by atoms with Crippen molar-refractivity contribution in [2.24, 2.45) is 0 Å². The van der Waals surface area contributed by atoms with Gasteiger partial charge in [-0.05, 0) is 37.8 Å². The molecule has 2 heterocycles. The molecule has 1 aliphatic heterocycles. The lowest BCUT2D eigenvalue weighted by molar-refractivity contribution is 0.196. The van der Waals surface area contributed by atoms with E-state index in [2.05, 4.69) is 5.10 Å². The first kappa shape index (κ1) is 17.1. The van der Waals surface area contributed by atoms with Crippen molar-refractivity contribution in [3.8, 4) is 11.4 Å². The fourth-order valence-electron chi connectivity index (χ4n) is 2.88. The lowest BCUT2D eigenvalue weighted by atomic mass is 10.2. The average molecular weight is 368 g/mol. The molecule has 7 nitrogen and oxygen atoms in total. The fraction of sp³-hybridized carbons (Fsp3) is 0.467. The minimum atomic E-state index is -2.91. The monoisotopic (exact) mass is 368 g/mol. The maximum atomic E-state index is 11.6. The quantitative estimate of drug-likeness (QED) is 0.745. The van der Waals surface area contributed by atoms with Gasteiger partial charge >= 0.3 is 0 Å². The Labute approximate surface area is 146 Å². The van der Waals surface area contributed by atoms with Crippen LogP contribution in [-0.4, -0.2) is 59.4 Å². The summed E-state index contributed by atoms with van der Waals surface area (Å²) >= 11 is 5.52. The molecule has 0 amide bonds. The average Bonchev–Trinajstić information content (AvgIpc) is 3.10. The van der Waals surface area contributed by atoms with Crippen LogP contribution >= 0.6 is 12.2 Å². The van der Waals surface area contributed by atoms with E-state index in [1.807, 2.05) is 36.2 Å². The molecule has 3 rings (SSSR count). The number of sulfone groups is 1. The third-order valence-corrected chi connectivity index (χ3v) is 6.42. The fourth-order valence-corrected chi connectivity index (χ4v) is 4.93. The first-order valence-corrected chi connectivity index (χ1v) is 9.83. The van der Waals surface area contributed by atoms with Gasteiger partial charge in [0.1, 0.15) is 12.1 Å². The van der Waals surface area contributed by atoms with Gasteiger partial charge in [0, 0.05) is 6.04 Å². The summed E-state index contributed by atoms with van der Waals surface area (Å²) in [5.74, 6) is 1.16. The lowest BCUT2D eigenvalue weighted by Gasteiger charge is -2.22. The predicted octanol–water partition coefficient (Wildman–Crippen LogP) is 1.49. The van der Waals surface area contributed by atoms with E-state index in [0.29, 0.717) is 23.6 Å². The van der Waals surface area contributed by atoms with Gasteiger partial charge in [0.2, 0.25) is 4.77 Å². The molecular formula is C15H20N4O3S2. The number of nitrogens with zero attached hydrogens (tertiary/aromatic N) is 4. The summed E-state index contributed by atoms with van der Waals surface area (Å²) < 4.78 is 32.6. The largest absolute Gasteiger partial charge is 0.495 e. The van der Waals surface area contributed by atoms with Crippen molar-refractivity contribution < 1.29 is 13.2 Å². The Bertz CT molecular complexity index is 888. The van der Waals surface area contributed by atoms with Crippen molar-refractivity contribution in [1.29, 1.82) is 0 Å². The van der Waals surface area contributed by atoms with Crippen LogP contribution in [0.25, 0.3) is 5.69 Å². The number of para-hydroxylation sites is 2. The van der Waals surface area contributed by atoms with E-state index in [4.69, 9.17) is 17.0 Å². The minimum Gasteiger partial charge on any atom is -0.495 e. The first-order chi connectivity index (χ1) is 11.4. The van der Waals surface area contributed by atoms with E-state index in [-0.39, 0.29) is 17.5 Å². The zero-order valence-corrected chi connectivity index (χ0v) is 15.3. The van der Waals surface area contributed by atoms with Crippen LogP contribution in [0.4, 0.5) is 0 Å². The zero-order valence-electron chi connectivity index (χ0n) is 13.6. The van der Waals surface area contributed by atoms with E-state index < -0.39 is 9.84 Å². The van der Waals surface area contributed by atoms with E-state index in [1.54, 1.807) is 22.7 Å². The van der Waals surface area contributed by atoms with Crippen LogP contribution in [0, 0.1) is 4.77 Å². The molecule has 130 valence electrons. The molecule has 1 saturated heterocycles. The molecule has 9 heteroatoms. The molecule has 0 spiro atoms. The summed E-state index contributed by atoms with van der Waals surface area (Å²) in [6.07, 6.45) is 2.30. The molecule has 0 aliphatic carbocycles. The van der Waals surface area contributed by atoms with Gasteiger partial charge < -0.3 is 4.74 Å². The number of ether oxygens (including phenoxy) is 1. The highest BCUT2D eigenvalue weighted by atomic mass is 32.2. The van der Waals surface area contributed by atoms with Crippen molar-refractivity contribution in [3.63, 3.8) is 0 Å². The Morgan fingerprint density at radius 2 is 2.17 bits per heavy atom. The molecule has 1 unspecified atom stereocenters. The van der Waals surface area contributed by atoms with E-state index in [0.717, 1.165) is 5.69 Å². The summed E-state index contributed by atoms with van der Waals surface area (Å²) in [7, 11) is 0.602. The Balaban J connectivity index is 1.82. The highest BCUT2D eigenvalue weighted by Gasteiger charge is 2.30. The van der Waals surface area contributed by atoms with Crippen molar-refractivity contribution in [2.75, 3.05) is 25.7 Å². The van der Waals surface area contributed by atoms with Crippen LogP contribution in [0.1, 0.15) is 6.42 Å². The zero-order chi connectivity index (χ0) is 17.3. The number of rotatable bonds is 5. The molecule has 0 saturated carbocycles. The van der Waals surface area contributed by atoms with Crippen LogP contribution in [0.5, 0.6) is 5.75 Å². The minimum absolute atomic E-state index is 0.00770. The van der Waals surface area contributed by atoms with E-state index in [9.17, 15) is 8.42 Å². The predicted molar refractivity (Wildman–Crippen MR) is 93.8 cm³/mol. The Morgan fingerprint density at radius 3 is 2.83 bits per heavy atom. The summed E-state index contributed by atoms with van der Waals surface area (Å²) in [4.78, 5) is 1.99. The molecule has 1 aliphatic rings. The van der Waals surface area contributed by atoms with Gasteiger partial charge in [-0.3, -0.25) is 9.47 Å². The van der Waals surface area contributed by atoms with Gasteiger partial charge in [-0.1, -0.05) is 12.1 Å². The van der Waals surface area contributed by atoms with Gasteiger partial charge in [0.05, 0.1) is 31.0 Å². The summed E-state index contributed by atoms with van der Waals surface area (Å²) in [6, 6.07) is 7.59. The van der Waals surface area contributed by atoms with Gasteiger partial charge in [0.25, 0.3) is 0 Å². The third-order valence-electron chi connectivity index (χ3n) is 4.27. The number of methoxy groups -OCH3 is 1. The standard InChI is InChI=1S/C15H20N4O3S2/c1-17(12-7-8-24(20,21)9-12)11-19-15(23)18(10-16-19)13-5-3-4-6-14(13)22-2/h3-6,10,12H,7-9,11H2,1-2H3. The van der Waals surface area contributed by atoms with Gasteiger partial charge in [-0.15, -0.1) is 0 Å². The third kappa shape index (κ3) is 3.38. The second-order valence-corrected chi connectivity index (χ2v) is 8.50. The number of aromatic nitrogens is 3. The second-order valence-electron chi connectivity index (χ2n) is 5.91. The topological polar surface area (TPSA) is 69.4 Å². The van der Waals surface area contributed by atoms with Crippen LogP contribution in [0.3, 0.4) is 0 Å². The normalized spacial score (nSPS) is 19.7. The highest BCUT2D eigenvalue weighted by Crippen LogP contribution is 2.22. The Kier molecular flexibility index (Phi) is 4.75. The smallest absolute Gasteiger partial charge is 0.203 e. The van der Waals surface area contributed by atoms with Gasteiger partial charge in [0.15, 0.2) is 9.84 Å². The molecule has 0 radical (unpaired) electrons. The van der Waals surface area contributed by atoms with Crippen LogP contribution in [0.2, 0.25) is 0 Å². The molecule has 0 N–H and O–H groups in total. The Morgan fingerprint density at radius 1 is 1.42 bits per heavy atom. The lowest BCUT2D eigenvalue weighted by Crippen LogP contribution is -2.34. The number of hydrogen-bond acceptors (Lipinski definition) is 6. The molecule has 0 bridgehead atoms. The summed E-state index contributed by atoms with van der Waals surface area (Å²) in [5.41, 5.74) is 0.822. The highest BCUT2D eigenvalue weighted by molar-refractivity contribution is 7.91. The van der Waals surface area contributed by atoms with Gasteiger partial charge in [-0.2, -0.15) is 5.10 Å². The van der Waals surface area contributed by atoms with Crippen molar-refractivity contribution in [1.82, 2.24) is 19.2 Å². The molecule has 2 aromatic rings. The van der Waals surface area contributed by atoms with E-state index in [1.165, 1.54) is 0 Å². The van der Waals surface area contributed by atoms with Gasteiger partial charge in [-0.25, -0.2) is 13.1 Å². The molecular weight excluding hydrogens is 348 g/mol. The molecule has 24 heavy (non-hydrogen) atoms. The SMILES string of the molecule is COc1ccccc1-n1cnn(CN(C)C2CCS(=O)(=O)C2)c1=S. The maximum Gasteiger partial charge on any atom is 0.203 e. The van der Waals surface area contributed by atoms with Crippen LogP contribution < -0.4 is 4.74 Å². The maximum absolute atomic E-state index is 11.6. The second kappa shape index (κ2) is 6.66. The van der Waals surface area contributed by atoms with Crippen LogP contribution in [0.15, 0.2) is 30.6 Å². The summed E-state index contributed by atoms with van der Waals surface area (Å²) in [5, 5.41) is 4.34. The summed E-state index contributed by atoms with van der Waals surface area (Å²) in [6.45, 7) is 0.446. The molecule has 1 aromatic carbocycles. The van der Waals surface area contributed by atoms with Crippen LogP contribution in [-0.2, 0) is 16.5 Å². The molecule has 1 atom stereocenters.